The first-order valence-corrected chi connectivity index (χ1v) is 2.72. The quantitative estimate of drug-likeness (QED) is 0.608. The van der Waals surface area contributed by atoms with Gasteiger partial charge >= 0.3 is 12.3 Å². The summed E-state index contributed by atoms with van der Waals surface area (Å²) < 4.78 is 81.0. The summed E-state index contributed by atoms with van der Waals surface area (Å²) in [5.41, 5.74) is 0. The van der Waals surface area contributed by atoms with E-state index in [9.17, 15) is 30.7 Å². The summed E-state index contributed by atoms with van der Waals surface area (Å²) in [5, 5.41) is 0. The highest BCUT2D eigenvalue weighted by Gasteiger charge is 2.49. The average molecular weight is 197 g/mol. The normalized spacial score (nSPS) is 18.0. The fourth-order valence-corrected chi connectivity index (χ4v) is 0.398. The second-order valence-corrected chi connectivity index (χ2v) is 1.99. The Kier molecular flexibility index (Phi) is 3.79. The van der Waals surface area contributed by atoms with E-state index in [-0.39, 0.29) is 0 Å². The summed E-state index contributed by atoms with van der Waals surface area (Å²) in [6.07, 6.45) is -10.7. The first-order valence-electron chi connectivity index (χ1n) is 2.72. The summed E-state index contributed by atoms with van der Waals surface area (Å²) in [6, 6.07) is 0. The Hall–Kier alpha value is -0.490. The molecule has 0 aromatic heterocycles. The number of rotatable bonds is 4. The van der Waals surface area contributed by atoms with Crippen LogP contribution in [0, 0.1) is 6.43 Å². The molecule has 12 heavy (non-hydrogen) atoms. The Morgan fingerprint density at radius 1 is 1.17 bits per heavy atom. The van der Waals surface area contributed by atoms with Crippen molar-refractivity contribution in [3.8, 4) is 0 Å². The van der Waals surface area contributed by atoms with E-state index in [2.05, 4.69) is 0 Å². The summed E-state index contributed by atoms with van der Waals surface area (Å²) in [6.45, 7) is -2.51. The second-order valence-electron chi connectivity index (χ2n) is 1.99. The minimum absolute atomic E-state index is 2.51. The van der Waals surface area contributed by atoms with Crippen molar-refractivity contribution in [3.05, 3.63) is 6.43 Å². The monoisotopic (exact) mass is 197 g/mol. The Morgan fingerprint density at radius 3 is 1.83 bits per heavy atom. The van der Waals surface area contributed by atoms with Gasteiger partial charge in [0.2, 0.25) is 12.3 Å². The van der Waals surface area contributed by atoms with E-state index >= 15 is 0 Å². The fraction of sp³-hybridized carbons (Fsp3) is 0.800. The third-order valence-corrected chi connectivity index (χ3v) is 1.05. The minimum Gasteiger partial charge on any atom is -0.244 e. The Morgan fingerprint density at radius 2 is 1.58 bits per heavy atom. The molecular weight excluding hydrogens is 193 g/mol. The van der Waals surface area contributed by atoms with Gasteiger partial charge in [0.05, 0.1) is 0 Å². The van der Waals surface area contributed by atoms with E-state index < -0.39 is 31.4 Å². The molecule has 1 radical (unpaired) electrons. The summed E-state index contributed by atoms with van der Waals surface area (Å²) in [7, 11) is 0. The number of hydrogen-bond acceptors (Lipinski definition) is 0. The predicted molar refractivity (Wildman–Crippen MR) is 26.2 cm³/mol. The van der Waals surface area contributed by atoms with Gasteiger partial charge in [-0.05, 0) is 0 Å². The molecule has 0 spiro atoms. The first-order chi connectivity index (χ1) is 5.33. The second kappa shape index (κ2) is 3.95. The zero-order valence-electron chi connectivity index (χ0n) is 5.51. The highest BCUT2D eigenvalue weighted by molar-refractivity contribution is 4.90. The van der Waals surface area contributed by atoms with E-state index in [1.807, 2.05) is 0 Å². The highest BCUT2D eigenvalue weighted by atomic mass is 19.3. The SMILES string of the molecule is FCC(F)(F)C(F)C(F)[C](F)F. The lowest BCUT2D eigenvalue weighted by Crippen LogP contribution is -2.40. The first kappa shape index (κ1) is 11.5. The van der Waals surface area contributed by atoms with Crippen LogP contribution in [0.2, 0.25) is 0 Å². The Bertz CT molecular complexity index is 134. The molecule has 0 bridgehead atoms. The van der Waals surface area contributed by atoms with Crippen LogP contribution < -0.4 is 0 Å². The van der Waals surface area contributed by atoms with Crippen LogP contribution in [0.1, 0.15) is 0 Å². The van der Waals surface area contributed by atoms with Crippen molar-refractivity contribution in [1.29, 1.82) is 0 Å². The van der Waals surface area contributed by atoms with E-state index in [4.69, 9.17) is 0 Å². The lowest BCUT2D eigenvalue weighted by atomic mass is 10.1. The molecule has 0 amide bonds. The van der Waals surface area contributed by atoms with Gasteiger partial charge in [-0.3, -0.25) is 0 Å². The van der Waals surface area contributed by atoms with Crippen LogP contribution in [-0.4, -0.2) is 24.9 Å². The topological polar surface area (TPSA) is 0 Å². The van der Waals surface area contributed by atoms with E-state index in [0.717, 1.165) is 0 Å². The summed E-state index contributed by atoms with van der Waals surface area (Å²) in [4.78, 5) is 0. The number of halogens is 7. The number of alkyl halides is 5. The maximum atomic E-state index is 12.0. The lowest BCUT2D eigenvalue weighted by Gasteiger charge is -2.19. The van der Waals surface area contributed by atoms with Crippen LogP contribution in [0.4, 0.5) is 30.7 Å². The van der Waals surface area contributed by atoms with Crippen LogP contribution in [0.3, 0.4) is 0 Å². The molecule has 0 aliphatic carbocycles. The molecule has 73 valence electrons. The number of hydrogen-bond donors (Lipinski definition) is 0. The molecule has 0 saturated carbocycles. The van der Waals surface area contributed by atoms with Gasteiger partial charge in [-0.15, -0.1) is 0 Å². The van der Waals surface area contributed by atoms with Crippen molar-refractivity contribution >= 4 is 0 Å². The maximum absolute atomic E-state index is 12.0. The van der Waals surface area contributed by atoms with Crippen molar-refractivity contribution < 1.29 is 30.7 Å². The Balaban J connectivity index is 4.27. The van der Waals surface area contributed by atoms with Gasteiger partial charge in [-0.25, -0.2) is 22.0 Å². The lowest BCUT2D eigenvalue weighted by molar-refractivity contribution is -0.120. The molecule has 0 rings (SSSR count). The standard InChI is InChI=1S/C5H4F7/c6-1-5(11,12)3(8)2(7)4(9)10/h2-3H,1H2. The zero-order chi connectivity index (χ0) is 9.94. The molecule has 0 aromatic rings. The molecule has 0 N–H and O–H groups in total. The molecule has 0 nitrogen and oxygen atoms in total. The van der Waals surface area contributed by atoms with Crippen molar-refractivity contribution in [1.82, 2.24) is 0 Å². The van der Waals surface area contributed by atoms with Crippen LogP contribution in [0.5, 0.6) is 0 Å². The molecule has 0 aromatic carbocycles. The molecule has 2 atom stereocenters. The predicted octanol–water partition coefficient (Wildman–Crippen LogP) is 2.70. The largest absolute Gasteiger partial charge is 0.346 e. The molecule has 7 heteroatoms. The molecule has 0 fully saturated rings. The van der Waals surface area contributed by atoms with Crippen molar-refractivity contribution in [2.75, 3.05) is 6.67 Å². The highest BCUT2D eigenvalue weighted by Crippen LogP contribution is 2.31. The maximum Gasteiger partial charge on any atom is 0.346 e. The van der Waals surface area contributed by atoms with Gasteiger partial charge in [0.25, 0.3) is 0 Å². The van der Waals surface area contributed by atoms with Crippen molar-refractivity contribution in [2.45, 2.75) is 18.3 Å². The zero-order valence-corrected chi connectivity index (χ0v) is 5.51. The molecule has 0 heterocycles. The molecular formula is C5H4F7. The molecule has 0 aliphatic rings. The van der Waals surface area contributed by atoms with Gasteiger partial charge in [0.15, 0.2) is 6.67 Å². The molecule has 0 aliphatic heterocycles. The van der Waals surface area contributed by atoms with E-state index in [1.165, 1.54) is 0 Å². The molecule has 0 saturated heterocycles. The van der Waals surface area contributed by atoms with Crippen LogP contribution in [0.15, 0.2) is 0 Å². The summed E-state index contributed by atoms with van der Waals surface area (Å²) >= 11 is 0. The average Bonchev–Trinajstić information content (AvgIpc) is 2.01. The van der Waals surface area contributed by atoms with Gasteiger partial charge in [0, 0.05) is 0 Å². The van der Waals surface area contributed by atoms with Crippen LogP contribution in [0.25, 0.3) is 0 Å². The third kappa shape index (κ3) is 2.53. The smallest absolute Gasteiger partial charge is 0.244 e. The van der Waals surface area contributed by atoms with Crippen LogP contribution in [-0.2, 0) is 0 Å². The third-order valence-electron chi connectivity index (χ3n) is 1.05. The van der Waals surface area contributed by atoms with Crippen molar-refractivity contribution in [3.63, 3.8) is 0 Å². The van der Waals surface area contributed by atoms with Crippen molar-refractivity contribution in [2.24, 2.45) is 0 Å². The fourth-order valence-electron chi connectivity index (χ4n) is 0.398. The van der Waals surface area contributed by atoms with Gasteiger partial charge < -0.3 is 0 Å². The van der Waals surface area contributed by atoms with E-state index in [1.54, 1.807) is 0 Å². The minimum atomic E-state index is -4.71. The van der Waals surface area contributed by atoms with Gasteiger partial charge in [-0.1, -0.05) is 0 Å². The Labute approximate surface area is 63.4 Å². The van der Waals surface area contributed by atoms with Gasteiger partial charge in [-0.2, -0.15) is 8.78 Å². The van der Waals surface area contributed by atoms with Gasteiger partial charge in [0.1, 0.15) is 0 Å². The summed E-state index contributed by atoms with van der Waals surface area (Å²) in [5.74, 6) is -4.71. The van der Waals surface area contributed by atoms with Crippen LogP contribution >= 0.6 is 0 Å². The molecule has 2 unspecified atom stereocenters. The van der Waals surface area contributed by atoms with E-state index in [0.29, 0.717) is 0 Å².